The zero-order valence-electron chi connectivity index (χ0n) is 21.8. The van der Waals surface area contributed by atoms with Crippen LogP contribution in [0.25, 0.3) is 0 Å². The highest BCUT2D eigenvalue weighted by molar-refractivity contribution is 6.02. The monoisotopic (exact) mass is 505 g/mol. The third kappa shape index (κ3) is 9.78. The van der Waals surface area contributed by atoms with Crippen molar-refractivity contribution in [3.8, 4) is 5.75 Å². The summed E-state index contributed by atoms with van der Waals surface area (Å²) in [6.45, 7) is 7.19. The van der Waals surface area contributed by atoms with Crippen LogP contribution < -0.4 is 15.0 Å². The van der Waals surface area contributed by atoms with E-state index in [1.165, 1.54) is 25.7 Å². The number of carbonyl (C=O) groups excluding carboxylic acids is 1. The van der Waals surface area contributed by atoms with Crippen LogP contribution in [0, 0.1) is 0 Å². The molecule has 0 fully saturated rings. The second kappa shape index (κ2) is 16.2. The Balaban J connectivity index is 1.87. The highest BCUT2D eigenvalue weighted by atomic mass is 16.5. The van der Waals surface area contributed by atoms with Crippen molar-refractivity contribution in [3.05, 3.63) is 24.3 Å². The second-order valence-corrected chi connectivity index (χ2v) is 9.46. The zero-order valence-corrected chi connectivity index (χ0v) is 21.8. The van der Waals surface area contributed by atoms with Gasteiger partial charge in [0, 0.05) is 0 Å². The van der Waals surface area contributed by atoms with E-state index in [0.717, 1.165) is 50.2 Å². The molecule has 202 valence electrons. The van der Waals surface area contributed by atoms with Crippen LogP contribution >= 0.6 is 0 Å². The topological polar surface area (TPSA) is 119 Å². The molecule has 0 aliphatic carbocycles. The maximum atomic E-state index is 13.2. The SMILES string of the molecule is CCCCN(CCCC)CCCCCC[C@H](NC1COc2ccccc2N(CC(=O)O)C1=O)C(=O)O. The van der Waals surface area contributed by atoms with E-state index < -0.39 is 36.5 Å². The van der Waals surface area contributed by atoms with Gasteiger partial charge in [-0.05, 0) is 57.5 Å². The third-order valence-corrected chi connectivity index (χ3v) is 6.49. The van der Waals surface area contributed by atoms with E-state index in [9.17, 15) is 24.6 Å². The summed E-state index contributed by atoms with van der Waals surface area (Å²) in [5, 5.41) is 22.0. The molecule has 3 N–H and O–H groups in total. The van der Waals surface area contributed by atoms with Crippen molar-refractivity contribution >= 4 is 23.5 Å². The third-order valence-electron chi connectivity index (χ3n) is 6.49. The van der Waals surface area contributed by atoms with Gasteiger partial charge in [0.25, 0.3) is 0 Å². The summed E-state index contributed by atoms with van der Waals surface area (Å²) in [5.41, 5.74) is 0.369. The normalized spacial score (nSPS) is 16.4. The summed E-state index contributed by atoms with van der Waals surface area (Å²) >= 11 is 0. The fraction of sp³-hybridized carbons (Fsp3) is 0.667. The molecular weight excluding hydrogens is 462 g/mol. The van der Waals surface area contributed by atoms with Gasteiger partial charge in [0.15, 0.2) is 0 Å². The van der Waals surface area contributed by atoms with Gasteiger partial charge in [-0.15, -0.1) is 0 Å². The van der Waals surface area contributed by atoms with Gasteiger partial charge in [-0.3, -0.25) is 24.6 Å². The Morgan fingerprint density at radius 2 is 1.67 bits per heavy atom. The number of rotatable bonds is 18. The molecule has 0 aromatic heterocycles. The van der Waals surface area contributed by atoms with Crippen molar-refractivity contribution in [1.82, 2.24) is 10.2 Å². The smallest absolute Gasteiger partial charge is 0.323 e. The van der Waals surface area contributed by atoms with Crippen molar-refractivity contribution in [2.45, 2.75) is 83.7 Å². The number of fused-ring (bicyclic) bond motifs is 1. The number of amides is 1. The van der Waals surface area contributed by atoms with Crippen LogP contribution in [-0.2, 0) is 14.4 Å². The van der Waals surface area contributed by atoms with Crippen molar-refractivity contribution in [1.29, 1.82) is 0 Å². The average molecular weight is 506 g/mol. The Hall–Kier alpha value is -2.65. The molecule has 1 heterocycles. The molecule has 36 heavy (non-hydrogen) atoms. The maximum Gasteiger partial charge on any atom is 0.323 e. The van der Waals surface area contributed by atoms with Gasteiger partial charge in [-0.2, -0.15) is 0 Å². The first-order valence-corrected chi connectivity index (χ1v) is 13.3. The molecule has 1 aliphatic rings. The quantitative estimate of drug-likeness (QED) is 0.258. The minimum atomic E-state index is -1.16. The molecule has 9 nitrogen and oxygen atoms in total. The first-order chi connectivity index (χ1) is 17.4. The molecule has 1 aromatic carbocycles. The van der Waals surface area contributed by atoms with E-state index >= 15 is 0 Å². The van der Waals surface area contributed by atoms with E-state index in [2.05, 4.69) is 24.1 Å². The summed E-state index contributed by atoms with van der Waals surface area (Å²) < 4.78 is 5.74. The molecule has 2 atom stereocenters. The number of benzene rings is 1. The minimum Gasteiger partial charge on any atom is -0.489 e. The van der Waals surface area contributed by atoms with Crippen LogP contribution in [0.2, 0.25) is 0 Å². The van der Waals surface area contributed by atoms with Gasteiger partial charge >= 0.3 is 11.9 Å². The molecule has 0 saturated heterocycles. The number of nitrogens with zero attached hydrogens (tertiary/aromatic N) is 2. The number of ether oxygens (including phenoxy) is 1. The van der Waals surface area contributed by atoms with Gasteiger partial charge in [0.1, 0.15) is 31.0 Å². The van der Waals surface area contributed by atoms with Crippen molar-refractivity contribution in [3.63, 3.8) is 0 Å². The van der Waals surface area contributed by atoms with Crippen molar-refractivity contribution < 1.29 is 29.3 Å². The van der Waals surface area contributed by atoms with Crippen LogP contribution in [-0.4, -0.2) is 77.8 Å². The Bertz CT molecular complexity index is 825. The number of aliphatic carboxylic acids is 2. The summed E-state index contributed by atoms with van der Waals surface area (Å²) in [7, 11) is 0. The standard InChI is InChI=1S/C27H43N3O6/c1-3-5-16-29(17-6-4-2)18-12-8-7-9-13-21(27(34)35)28-22-20-36-24-15-11-10-14-23(24)30(26(22)33)19-25(31)32/h10-11,14-15,21-22,28H,3-9,12-13,16-20H2,1-2H3,(H,31,32)(H,34,35)/t21-,22?/m0/s1. The Morgan fingerprint density at radius 3 is 2.31 bits per heavy atom. The van der Waals surface area contributed by atoms with Gasteiger partial charge < -0.3 is 19.8 Å². The van der Waals surface area contributed by atoms with Crippen LogP contribution in [0.4, 0.5) is 5.69 Å². The largest absolute Gasteiger partial charge is 0.489 e. The number of nitrogens with one attached hydrogen (secondary N) is 1. The number of carboxylic acids is 2. The summed E-state index contributed by atoms with van der Waals surface area (Å²) in [4.78, 5) is 40.1. The molecule has 0 spiro atoms. The molecule has 0 bridgehead atoms. The van der Waals surface area contributed by atoms with Crippen LogP contribution in [0.3, 0.4) is 0 Å². The molecule has 1 aromatic rings. The summed E-state index contributed by atoms with van der Waals surface area (Å²) in [6, 6.07) is 4.86. The Labute approximate surface area is 214 Å². The lowest BCUT2D eigenvalue weighted by molar-refractivity contribution is -0.141. The fourth-order valence-electron chi connectivity index (χ4n) is 4.43. The lowest BCUT2D eigenvalue weighted by Crippen LogP contribution is -2.54. The number of hydrogen-bond donors (Lipinski definition) is 3. The van der Waals surface area contributed by atoms with Gasteiger partial charge in [0.05, 0.1) is 5.69 Å². The highest BCUT2D eigenvalue weighted by Gasteiger charge is 2.35. The van der Waals surface area contributed by atoms with E-state index in [4.69, 9.17) is 4.74 Å². The second-order valence-electron chi connectivity index (χ2n) is 9.46. The zero-order chi connectivity index (χ0) is 26.3. The van der Waals surface area contributed by atoms with Crippen LogP contribution in [0.1, 0.15) is 71.6 Å². The van der Waals surface area contributed by atoms with Gasteiger partial charge in [-0.25, -0.2) is 0 Å². The molecule has 1 aliphatic heterocycles. The van der Waals surface area contributed by atoms with Crippen molar-refractivity contribution in [2.75, 3.05) is 37.7 Å². The lowest BCUT2D eigenvalue weighted by atomic mass is 10.1. The summed E-state index contributed by atoms with van der Waals surface area (Å²) in [5.74, 6) is -2.29. The predicted octanol–water partition coefficient (Wildman–Crippen LogP) is 3.76. The van der Waals surface area contributed by atoms with E-state index in [1.54, 1.807) is 24.3 Å². The average Bonchev–Trinajstić information content (AvgIpc) is 2.98. The first-order valence-electron chi connectivity index (χ1n) is 13.3. The molecule has 1 amide bonds. The molecule has 0 saturated carbocycles. The first kappa shape index (κ1) is 29.6. The van der Waals surface area contributed by atoms with Crippen LogP contribution in [0.5, 0.6) is 5.75 Å². The number of unbranched alkanes of at least 4 members (excludes halogenated alkanes) is 5. The highest BCUT2D eigenvalue weighted by Crippen LogP contribution is 2.31. The number of para-hydroxylation sites is 2. The minimum absolute atomic E-state index is 0.0684. The van der Waals surface area contributed by atoms with E-state index in [1.807, 2.05) is 0 Å². The Kier molecular flexibility index (Phi) is 13.3. The molecular formula is C27H43N3O6. The summed E-state index contributed by atoms with van der Waals surface area (Å²) in [6.07, 6.45) is 9.00. The predicted molar refractivity (Wildman–Crippen MR) is 140 cm³/mol. The van der Waals surface area contributed by atoms with Gasteiger partial charge in [0.2, 0.25) is 5.91 Å². The number of hydrogen-bond acceptors (Lipinski definition) is 6. The molecule has 2 rings (SSSR count). The lowest BCUT2D eigenvalue weighted by Gasteiger charge is -2.25. The Morgan fingerprint density at radius 1 is 1.03 bits per heavy atom. The van der Waals surface area contributed by atoms with Crippen LogP contribution in [0.15, 0.2) is 24.3 Å². The van der Waals surface area contributed by atoms with E-state index in [-0.39, 0.29) is 6.61 Å². The molecule has 0 radical (unpaired) electrons. The van der Waals surface area contributed by atoms with Gasteiger partial charge in [-0.1, -0.05) is 58.1 Å². The van der Waals surface area contributed by atoms with Crippen molar-refractivity contribution in [2.24, 2.45) is 0 Å². The molecule has 1 unspecified atom stereocenters. The molecule has 9 heteroatoms. The number of carboxylic acid groups (broad SMARTS) is 2. The van der Waals surface area contributed by atoms with E-state index in [0.29, 0.717) is 17.9 Å². The maximum absolute atomic E-state index is 13.2. The fourth-order valence-corrected chi connectivity index (χ4v) is 4.43. The number of carbonyl (C=O) groups is 3. The number of anilines is 1.